The molecular weight excluding hydrogens is 280 g/mol. The minimum atomic E-state index is -0.428. The van der Waals surface area contributed by atoms with Crippen LogP contribution in [-0.4, -0.2) is 56.4 Å². The molecule has 1 rings (SSSR count). The first-order valence-corrected chi connectivity index (χ1v) is 7.04. The molecule has 0 aliphatic carbocycles. The van der Waals surface area contributed by atoms with Crippen LogP contribution >= 0.6 is 12.4 Å². The van der Waals surface area contributed by atoms with Crippen molar-refractivity contribution in [3.05, 3.63) is 0 Å². The number of amides is 1. The molecule has 0 radical (unpaired) electrons. The van der Waals surface area contributed by atoms with E-state index >= 15 is 0 Å². The van der Waals surface area contributed by atoms with Crippen molar-refractivity contribution in [1.29, 1.82) is 0 Å². The summed E-state index contributed by atoms with van der Waals surface area (Å²) in [4.78, 5) is 13.9. The van der Waals surface area contributed by atoms with Gasteiger partial charge < -0.3 is 20.1 Å². The molecule has 0 aromatic rings. The van der Waals surface area contributed by atoms with E-state index in [2.05, 4.69) is 13.8 Å². The lowest BCUT2D eigenvalue weighted by Crippen LogP contribution is -2.44. The third kappa shape index (κ3) is 6.39. The number of ether oxygens (including phenoxy) is 2. The van der Waals surface area contributed by atoms with Crippen molar-refractivity contribution in [1.82, 2.24) is 4.90 Å². The number of hydrogen-bond donors (Lipinski definition) is 1. The van der Waals surface area contributed by atoms with E-state index in [1.807, 2.05) is 0 Å². The van der Waals surface area contributed by atoms with E-state index in [1.54, 1.807) is 18.9 Å². The average molecular weight is 309 g/mol. The smallest absolute Gasteiger partial charge is 0.251 e. The van der Waals surface area contributed by atoms with Gasteiger partial charge in [0.1, 0.15) is 6.10 Å². The highest BCUT2D eigenvalue weighted by Crippen LogP contribution is 2.16. The second-order valence-corrected chi connectivity index (χ2v) is 6.17. The van der Waals surface area contributed by atoms with Crippen LogP contribution in [-0.2, 0) is 14.3 Å². The van der Waals surface area contributed by atoms with E-state index in [9.17, 15) is 4.79 Å². The van der Waals surface area contributed by atoms with E-state index in [1.165, 1.54) is 0 Å². The molecule has 1 heterocycles. The van der Waals surface area contributed by atoms with Gasteiger partial charge in [-0.25, -0.2) is 0 Å². The van der Waals surface area contributed by atoms with Gasteiger partial charge in [-0.1, -0.05) is 13.8 Å². The lowest BCUT2D eigenvalue weighted by atomic mass is 9.93. The normalized spacial score (nSPS) is 20.4. The summed E-state index contributed by atoms with van der Waals surface area (Å²) in [6.45, 7) is 8.39. The summed E-state index contributed by atoms with van der Waals surface area (Å²) in [6, 6.07) is 0. The Bertz CT molecular complexity index is 294. The molecular formula is C14H29ClN2O3. The molecule has 1 fully saturated rings. The van der Waals surface area contributed by atoms with Gasteiger partial charge in [-0.05, 0) is 31.7 Å². The fourth-order valence-corrected chi connectivity index (χ4v) is 2.19. The molecule has 120 valence electrons. The topological polar surface area (TPSA) is 64.8 Å². The van der Waals surface area contributed by atoms with Gasteiger partial charge in [0, 0.05) is 20.2 Å². The molecule has 2 N–H and O–H groups in total. The summed E-state index contributed by atoms with van der Waals surface area (Å²) < 4.78 is 11.1. The highest BCUT2D eigenvalue weighted by molar-refractivity contribution is 5.85. The van der Waals surface area contributed by atoms with E-state index in [0.29, 0.717) is 19.7 Å². The minimum Gasteiger partial charge on any atom is -0.376 e. The van der Waals surface area contributed by atoms with Gasteiger partial charge >= 0.3 is 0 Å². The molecule has 0 bridgehead atoms. The Morgan fingerprint density at radius 1 is 1.55 bits per heavy atom. The van der Waals surface area contributed by atoms with Crippen molar-refractivity contribution >= 4 is 18.3 Å². The Kier molecular flexibility index (Phi) is 8.66. The van der Waals surface area contributed by atoms with Gasteiger partial charge in [0.15, 0.2) is 0 Å². The summed E-state index contributed by atoms with van der Waals surface area (Å²) in [6.07, 6.45) is 1.83. The SMILES string of the molecule is CC(OCC1CCCO1)C(=O)N(C)CC(C)(C)CN.Cl. The Morgan fingerprint density at radius 2 is 2.20 bits per heavy atom. The van der Waals surface area contributed by atoms with Gasteiger partial charge in [0.25, 0.3) is 5.91 Å². The third-order valence-corrected chi connectivity index (χ3v) is 3.50. The molecule has 6 heteroatoms. The van der Waals surface area contributed by atoms with Crippen molar-refractivity contribution in [2.75, 3.05) is 33.4 Å². The summed E-state index contributed by atoms with van der Waals surface area (Å²) in [7, 11) is 1.80. The van der Waals surface area contributed by atoms with Crippen molar-refractivity contribution in [3.63, 3.8) is 0 Å². The highest BCUT2D eigenvalue weighted by atomic mass is 35.5. The molecule has 1 aliphatic rings. The second-order valence-electron chi connectivity index (χ2n) is 6.17. The van der Waals surface area contributed by atoms with Crippen molar-refractivity contribution in [3.8, 4) is 0 Å². The lowest BCUT2D eigenvalue weighted by Gasteiger charge is -2.30. The lowest BCUT2D eigenvalue weighted by molar-refractivity contribution is -0.144. The van der Waals surface area contributed by atoms with Gasteiger partial charge in [0.05, 0.1) is 12.7 Å². The Hall–Kier alpha value is -0.360. The van der Waals surface area contributed by atoms with Crippen molar-refractivity contribution < 1.29 is 14.3 Å². The molecule has 20 heavy (non-hydrogen) atoms. The van der Waals surface area contributed by atoms with Crippen molar-refractivity contribution in [2.45, 2.75) is 45.8 Å². The molecule has 1 saturated heterocycles. The number of hydrogen-bond acceptors (Lipinski definition) is 4. The fourth-order valence-electron chi connectivity index (χ4n) is 2.19. The summed E-state index contributed by atoms with van der Waals surface area (Å²) in [5, 5.41) is 0. The van der Waals surface area contributed by atoms with Crippen LogP contribution in [0.2, 0.25) is 0 Å². The van der Waals surface area contributed by atoms with Crippen LogP contribution in [0.25, 0.3) is 0 Å². The van der Waals surface area contributed by atoms with Gasteiger partial charge in [-0.15, -0.1) is 12.4 Å². The second kappa shape index (κ2) is 8.82. The molecule has 2 atom stereocenters. The maximum absolute atomic E-state index is 12.2. The average Bonchev–Trinajstić information content (AvgIpc) is 2.87. The molecule has 2 unspecified atom stereocenters. The van der Waals surface area contributed by atoms with Crippen LogP contribution in [0.5, 0.6) is 0 Å². The fraction of sp³-hybridized carbons (Fsp3) is 0.929. The third-order valence-electron chi connectivity index (χ3n) is 3.50. The quantitative estimate of drug-likeness (QED) is 0.773. The predicted molar refractivity (Wildman–Crippen MR) is 82.1 cm³/mol. The van der Waals surface area contributed by atoms with Gasteiger partial charge in [-0.3, -0.25) is 4.79 Å². The predicted octanol–water partition coefficient (Wildman–Crippen LogP) is 1.44. The van der Waals surface area contributed by atoms with Crippen molar-refractivity contribution in [2.24, 2.45) is 11.1 Å². The van der Waals surface area contributed by atoms with Crippen LogP contribution in [0.1, 0.15) is 33.6 Å². The summed E-state index contributed by atoms with van der Waals surface area (Å²) in [5.41, 5.74) is 5.62. The first-order chi connectivity index (χ1) is 8.85. The number of likely N-dealkylation sites (N-methyl/N-ethyl adjacent to an activating group) is 1. The number of carbonyl (C=O) groups is 1. The van der Waals surface area contributed by atoms with Crippen LogP contribution < -0.4 is 5.73 Å². The molecule has 1 amide bonds. The number of carbonyl (C=O) groups excluding carboxylic acids is 1. The largest absolute Gasteiger partial charge is 0.376 e. The molecule has 0 spiro atoms. The molecule has 1 aliphatic heterocycles. The zero-order chi connectivity index (χ0) is 14.5. The van der Waals surface area contributed by atoms with E-state index in [-0.39, 0.29) is 29.8 Å². The Morgan fingerprint density at radius 3 is 2.70 bits per heavy atom. The standard InChI is InChI=1S/C14H28N2O3.ClH/c1-11(19-8-12-6-5-7-18-12)13(17)16(4)10-14(2,3)9-15;/h11-12H,5-10,15H2,1-4H3;1H. The Balaban J connectivity index is 0.00000361. The van der Waals surface area contributed by atoms with Crippen LogP contribution in [0, 0.1) is 5.41 Å². The van der Waals surface area contributed by atoms with E-state index < -0.39 is 6.10 Å². The van der Waals surface area contributed by atoms with Crippen LogP contribution in [0.15, 0.2) is 0 Å². The number of rotatable bonds is 7. The zero-order valence-corrected chi connectivity index (χ0v) is 13.9. The van der Waals surface area contributed by atoms with Gasteiger partial charge in [-0.2, -0.15) is 0 Å². The first kappa shape index (κ1) is 19.6. The highest BCUT2D eigenvalue weighted by Gasteiger charge is 2.25. The molecule has 0 saturated carbocycles. The monoisotopic (exact) mass is 308 g/mol. The van der Waals surface area contributed by atoms with Crippen LogP contribution in [0.3, 0.4) is 0 Å². The Labute approximate surface area is 128 Å². The molecule has 0 aromatic heterocycles. The zero-order valence-electron chi connectivity index (χ0n) is 13.1. The van der Waals surface area contributed by atoms with Crippen LogP contribution in [0.4, 0.5) is 0 Å². The maximum Gasteiger partial charge on any atom is 0.251 e. The number of nitrogens with zero attached hydrogens (tertiary/aromatic N) is 1. The number of nitrogens with two attached hydrogens (primary N) is 1. The maximum atomic E-state index is 12.2. The summed E-state index contributed by atoms with van der Waals surface area (Å²) >= 11 is 0. The minimum absolute atomic E-state index is 0. The molecule has 5 nitrogen and oxygen atoms in total. The van der Waals surface area contributed by atoms with E-state index in [0.717, 1.165) is 19.4 Å². The van der Waals surface area contributed by atoms with Gasteiger partial charge in [0.2, 0.25) is 0 Å². The first-order valence-electron chi connectivity index (χ1n) is 7.04. The molecule has 0 aromatic carbocycles. The van der Waals surface area contributed by atoms with E-state index in [4.69, 9.17) is 15.2 Å². The number of halogens is 1. The summed E-state index contributed by atoms with van der Waals surface area (Å²) in [5.74, 6) is -0.000443.